The minimum atomic E-state index is 0.329. The van der Waals surface area contributed by atoms with Gasteiger partial charge in [0.2, 0.25) is 0 Å². The molecular formula is C13H20O2. The molecule has 0 aliphatic heterocycles. The second kappa shape index (κ2) is 7.48. The zero-order valence-electron chi connectivity index (χ0n) is 9.24. The zero-order valence-corrected chi connectivity index (χ0v) is 9.24. The summed E-state index contributed by atoms with van der Waals surface area (Å²) in [4.78, 5) is 9.94. The summed E-state index contributed by atoms with van der Waals surface area (Å²) in [6, 6.07) is 0. The summed E-state index contributed by atoms with van der Waals surface area (Å²) < 4.78 is 0. The van der Waals surface area contributed by atoms with Gasteiger partial charge in [0.1, 0.15) is 0 Å². The first-order chi connectivity index (χ1) is 7.38. The van der Waals surface area contributed by atoms with Crippen LogP contribution in [0.2, 0.25) is 0 Å². The lowest BCUT2D eigenvalue weighted by Gasteiger charge is -1.98. The molecule has 1 aliphatic carbocycles. The Morgan fingerprint density at radius 1 is 1.20 bits per heavy atom. The van der Waals surface area contributed by atoms with Gasteiger partial charge in [-0.3, -0.25) is 4.79 Å². The third-order valence-corrected chi connectivity index (χ3v) is 3.10. The monoisotopic (exact) mass is 208 g/mol. The van der Waals surface area contributed by atoms with E-state index in [4.69, 9.17) is 5.11 Å². The van der Waals surface area contributed by atoms with E-state index in [1.807, 2.05) is 0 Å². The lowest BCUT2D eigenvalue weighted by Crippen LogP contribution is -1.87. The number of aldehydes is 1. The quantitative estimate of drug-likeness (QED) is 0.395. The number of carbonyl (C=O) groups is 1. The van der Waals surface area contributed by atoms with Gasteiger partial charge in [0.15, 0.2) is 6.29 Å². The summed E-state index contributed by atoms with van der Waals surface area (Å²) in [5.74, 6) is 7.07. The normalized spacial score (nSPS) is 23.0. The van der Waals surface area contributed by atoms with E-state index >= 15 is 0 Å². The van der Waals surface area contributed by atoms with E-state index in [9.17, 15) is 4.79 Å². The molecule has 1 aliphatic rings. The molecule has 0 bridgehead atoms. The molecule has 15 heavy (non-hydrogen) atoms. The maximum Gasteiger partial charge on any atom is 0.192 e. The van der Waals surface area contributed by atoms with E-state index in [2.05, 4.69) is 11.8 Å². The van der Waals surface area contributed by atoms with E-state index in [0.717, 1.165) is 37.5 Å². The minimum absolute atomic E-state index is 0.329. The molecule has 0 aromatic rings. The molecule has 84 valence electrons. The van der Waals surface area contributed by atoms with Crippen LogP contribution in [0.3, 0.4) is 0 Å². The molecule has 2 unspecified atom stereocenters. The van der Waals surface area contributed by atoms with Gasteiger partial charge in [0.05, 0.1) is 0 Å². The highest BCUT2D eigenvalue weighted by Crippen LogP contribution is 2.45. The van der Waals surface area contributed by atoms with Crippen LogP contribution in [0.25, 0.3) is 0 Å². The highest BCUT2D eigenvalue weighted by Gasteiger charge is 2.34. The fourth-order valence-corrected chi connectivity index (χ4v) is 2.08. The Balaban J connectivity index is 1.91. The molecule has 0 saturated heterocycles. The van der Waals surface area contributed by atoms with Crippen LogP contribution in [-0.2, 0) is 4.79 Å². The average molecular weight is 208 g/mol. The molecule has 0 aromatic heterocycles. The number of aliphatic hydroxyl groups is 1. The summed E-state index contributed by atoms with van der Waals surface area (Å²) in [6.07, 6.45) is 8.71. The van der Waals surface area contributed by atoms with Crippen molar-refractivity contribution in [1.82, 2.24) is 0 Å². The average Bonchev–Trinajstić information content (AvgIpc) is 2.99. The molecule has 2 nitrogen and oxygen atoms in total. The van der Waals surface area contributed by atoms with Gasteiger partial charge in [-0.1, -0.05) is 25.2 Å². The van der Waals surface area contributed by atoms with E-state index in [-0.39, 0.29) is 0 Å². The van der Waals surface area contributed by atoms with Gasteiger partial charge in [0, 0.05) is 13.0 Å². The van der Waals surface area contributed by atoms with Crippen molar-refractivity contribution >= 4 is 6.29 Å². The van der Waals surface area contributed by atoms with Crippen LogP contribution in [0.4, 0.5) is 0 Å². The molecule has 0 spiro atoms. The first kappa shape index (κ1) is 12.3. The van der Waals surface area contributed by atoms with Crippen LogP contribution in [0.1, 0.15) is 44.9 Å². The van der Waals surface area contributed by atoms with Crippen LogP contribution in [0.5, 0.6) is 0 Å². The smallest absolute Gasteiger partial charge is 0.192 e. The molecule has 1 rings (SSSR count). The fourth-order valence-electron chi connectivity index (χ4n) is 2.08. The topological polar surface area (TPSA) is 37.3 Å². The van der Waals surface area contributed by atoms with Crippen LogP contribution in [-0.4, -0.2) is 18.0 Å². The molecule has 2 atom stereocenters. The Morgan fingerprint density at radius 3 is 2.73 bits per heavy atom. The Kier molecular flexibility index (Phi) is 6.11. The van der Waals surface area contributed by atoms with E-state index in [1.54, 1.807) is 0 Å². The summed E-state index contributed by atoms with van der Waals surface area (Å²) in [6.45, 7) is 0.329. The second-order valence-electron chi connectivity index (χ2n) is 4.31. The van der Waals surface area contributed by atoms with Crippen molar-refractivity contribution < 1.29 is 9.90 Å². The summed E-state index contributed by atoms with van der Waals surface area (Å²) in [5, 5.41) is 8.62. The fraction of sp³-hybridized carbons (Fsp3) is 0.769. The number of hydrogen-bond donors (Lipinski definition) is 1. The lowest BCUT2D eigenvalue weighted by atomic mass is 10.1. The van der Waals surface area contributed by atoms with Crippen molar-refractivity contribution in [3.05, 3.63) is 0 Å². The molecule has 1 saturated carbocycles. The molecular weight excluding hydrogens is 188 g/mol. The van der Waals surface area contributed by atoms with Gasteiger partial charge in [-0.15, -0.1) is 0 Å². The molecule has 0 radical (unpaired) electrons. The van der Waals surface area contributed by atoms with Crippen molar-refractivity contribution in [2.45, 2.75) is 44.9 Å². The highest BCUT2D eigenvalue weighted by molar-refractivity contribution is 5.72. The Morgan fingerprint density at radius 2 is 2.00 bits per heavy atom. The minimum Gasteiger partial charge on any atom is -0.396 e. The standard InChI is InChI=1S/C13H20O2/c14-9-5-1-3-7-12-11-13(12)8-4-2-6-10-15/h10,12-14H,1,3-5,7-9,11H2. The van der Waals surface area contributed by atoms with Crippen molar-refractivity contribution in [2.75, 3.05) is 6.61 Å². The Hall–Kier alpha value is -0.810. The number of carbonyl (C=O) groups excluding carboxylic acids is 1. The van der Waals surface area contributed by atoms with E-state index < -0.39 is 0 Å². The Labute approximate surface area is 92.1 Å². The third kappa shape index (κ3) is 5.59. The zero-order chi connectivity index (χ0) is 10.9. The third-order valence-electron chi connectivity index (χ3n) is 3.10. The first-order valence-electron chi connectivity index (χ1n) is 5.91. The summed E-state index contributed by atoms with van der Waals surface area (Å²) in [5.41, 5.74) is 0. The van der Waals surface area contributed by atoms with Crippen molar-refractivity contribution in [1.29, 1.82) is 0 Å². The van der Waals surface area contributed by atoms with Gasteiger partial charge in [-0.25, -0.2) is 0 Å². The molecule has 0 amide bonds. The van der Waals surface area contributed by atoms with Crippen LogP contribution >= 0.6 is 0 Å². The molecule has 2 heteroatoms. The summed E-state index contributed by atoms with van der Waals surface area (Å²) in [7, 11) is 0. The number of rotatable bonds is 7. The van der Waals surface area contributed by atoms with Crippen LogP contribution in [0.15, 0.2) is 0 Å². The van der Waals surface area contributed by atoms with Crippen LogP contribution < -0.4 is 0 Å². The van der Waals surface area contributed by atoms with E-state index in [0.29, 0.717) is 12.9 Å². The van der Waals surface area contributed by atoms with E-state index in [1.165, 1.54) is 19.3 Å². The van der Waals surface area contributed by atoms with Gasteiger partial charge in [-0.2, -0.15) is 0 Å². The van der Waals surface area contributed by atoms with Crippen LogP contribution in [0, 0.1) is 23.7 Å². The molecule has 0 heterocycles. The highest BCUT2D eigenvalue weighted by atomic mass is 16.2. The predicted octanol–water partition coefficient (Wildman–Crippen LogP) is 2.16. The summed E-state index contributed by atoms with van der Waals surface area (Å²) >= 11 is 0. The molecule has 1 N–H and O–H groups in total. The number of aliphatic hydroxyl groups excluding tert-OH is 1. The largest absolute Gasteiger partial charge is 0.396 e. The van der Waals surface area contributed by atoms with Gasteiger partial charge in [0.25, 0.3) is 0 Å². The second-order valence-corrected chi connectivity index (χ2v) is 4.31. The van der Waals surface area contributed by atoms with Gasteiger partial charge in [-0.05, 0) is 37.0 Å². The van der Waals surface area contributed by atoms with Crippen molar-refractivity contribution in [3.63, 3.8) is 0 Å². The Bertz CT molecular complexity index is 237. The van der Waals surface area contributed by atoms with Crippen molar-refractivity contribution in [2.24, 2.45) is 11.8 Å². The number of unbranched alkanes of at least 4 members (excludes halogenated alkanes) is 2. The molecule has 1 fully saturated rings. The lowest BCUT2D eigenvalue weighted by molar-refractivity contribution is -0.103. The molecule has 0 aromatic carbocycles. The van der Waals surface area contributed by atoms with Gasteiger partial charge < -0.3 is 5.11 Å². The maximum absolute atomic E-state index is 9.94. The van der Waals surface area contributed by atoms with Gasteiger partial charge >= 0.3 is 0 Å². The predicted molar refractivity (Wildman–Crippen MR) is 60.2 cm³/mol. The van der Waals surface area contributed by atoms with Crippen molar-refractivity contribution in [3.8, 4) is 11.8 Å². The maximum atomic E-state index is 9.94. The first-order valence-corrected chi connectivity index (χ1v) is 5.91. The number of hydrogen-bond acceptors (Lipinski definition) is 2. The SMILES string of the molecule is O=CC#CCCC1CC1CCCCCO.